The molecule has 12 radical (unpaired) electrons. The zero-order valence-electron chi connectivity index (χ0n) is 14.2. The van der Waals surface area contributed by atoms with E-state index in [1.807, 2.05) is 0 Å². The van der Waals surface area contributed by atoms with E-state index in [1.165, 1.54) is 0 Å². The fraction of sp³-hybridized carbons (Fsp3) is 0. The Morgan fingerprint density at radius 2 is 0.400 bits per heavy atom. The summed E-state index contributed by atoms with van der Waals surface area (Å²) in [5.74, 6) is -6.19. The minimum atomic E-state index is -1.55. The molecule has 164 valence electrons. The van der Waals surface area contributed by atoms with Gasteiger partial charge in [-0.2, -0.15) is 0 Å². The monoisotopic (exact) mass is 1610 g/mol. The van der Waals surface area contributed by atoms with E-state index in [1.54, 1.807) is 0 Å². The Kier molecular flexibility index (Phi) is 337. The summed E-state index contributed by atoms with van der Waals surface area (Å²) in [6.07, 6.45) is 1.54. The van der Waals surface area contributed by atoms with Crippen molar-refractivity contribution in [1.82, 2.24) is 0 Å². The van der Waals surface area contributed by atoms with Crippen molar-refractivity contribution in [1.29, 1.82) is 0 Å². The van der Waals surface area contributed by atoms with Gasteiger partial charge >= 0.3 is 164 Å². The van der Waals surface area contributed by atoms with Gasteiger partial charge in [-0.05, 0) is 24.3 Å². The molecule has 0 amide bonds. The first-order chi connectivity index (χ1) is 7.25. The molecule has 0 rings (SSSR count). The molecular formula is C8H12O16Pb6. The number of carbonyl (C=O) groups excluding carboxylic acids is 4. The molecule has 0 heterocycles. The van der Waals surface area contributed by atoms with Crippen molar-refractivity contribution in [3.63, 3.8) is 0 Å². The van der Waals surface area contributed by atoms with Gasteiger partial charge in [0.2, 0.25) is 0 Å². The number of aliphatic carboxylic acids is 4. The number of carboxylic acids is 4. The van der Waals surface area contributed by atoms with Crippen LogP contribution in [0.4, 0.5) is 0 Å². The topological polar surface area (TPSA) is 401 Å². The molecule has 0 aromatic rings. The van der Waals surface area contributed by atoms with Crippen molar-refractivity contribution < 1.29 is 83.4 Å². The molecule has 0 aromatic carbocycles. The Morgan fingerprint density at radius 3 is 0.433 bits per heavy atom. The summed E-state index contributed by atoms with van der Waals surface area (Å²) in [5, 5.41) is 37.7. The zero-order chi connectivity index (χ0) is 13.1. The SMILES string of the molecule is O=C([O-])/C=C\C(=O)[O-].O=C([O-])/C=C\C(=O)[O-].[OH-].[OH-].[OH-].[OH-].[OH-].[OH-].[OH-].[OH-].[Pb+2].[Pb+2].[Pb+2].[Pb+2].[Pb+2].[Pb+2]. The summed E-state index contributed by atoms with van der Waals surface area (Å²) in [5.41, 5.74) is 0. The van der Waals surface area contributed by atoms with Crippen molar-refractivity contribution in [3.8, 4) is 0 Å². The maximum atomic E-state index is 9.41. The molecule has 0 aliphatic rings. The first-order valence-corrected chi connectivity index (χ1v) is 3.45. The second-order valence-corrected chi connectivity index (χ2v) is 1.94. The fourth-order valence-corrected chi connectivity index (χ4v) is 0.272. The fourth-order valence-electron chi connectivity index (χ4n) is 0.272. The summed E-state index contributed by atoms with van der Waals surface area (Å²) in [7, 11) is 0. The van der Waals surface area contributed by atoms with E-state index < -0.39 is 23.9 Å². The van der Waals surface area contributed by atoms with Gasteiger partial charge in [0.05, 0.1) is 23.9 Å². The molecule has 0 atom stereocenters. The molecule has 0 aromatic heterocycles. The van der Waals surface area contributed by atoms with Gasteiger partial charge in [0.15, 0.2) is 0 Å². The first kappa shape index (κ1) is 118. The van der Waals surface area contributed by atoms with Crippen LogP contribution in [0.5, 0.6) is 0 Å². The Bertz CT molecular complexity index is 300. The minimum Gasteiger partial charge on any atom is -0.870 e. The maximum Gasteiger partial charge on any atom is 2.00 e. The molecular weight excluding hydrogens is 1600 g/mol. The summed E-state index contributed by atoms with van der Waals surface area (Å²) in [6, 6.07) is 0. The minimum absolute atomic E-state index is 0. The Hall–Kier alpha value is 2.57. The van der Waals surface area contributed by atoms with Crippen molar-refractivity contribution in [2.75, 3.05) is 0 Å². The van der Waals surface area contributed by atoms with Crippen LogP contribution >= 0.6 is 0 Å². The molecule has 8 N–H and O–H groups in total. The normalized spacial score (nSPS) is 5.07. The number of carboxylic acid groups (broad SMARTS) is 4. The van der Waals surface area contributed by atoms with Crippen LogP contribution in [0.15, 0.2) is 24.3 Å². The molecule has 0 aliphatic carbocycles. The van der Waals surface area contributed by atoms with Crippen LogP contribution in [-0.4, -0.2) is 231 Å². The molecule has 0 fully saturated rings. The van der Waals surface area contributed by atoms with E-state index in [-0.39, 0.29) is 208 Å². The van der Waals surface area contributed by atoms with Crippen LogP contribution in [0.25, 0.3) is 0 Å². The largest absolute Gasteiger partial charge is 2.00 e. The van der Waals surface area contributed by atoms with Crippen molar-refractivity contribution in [3.05, 3.63) is 24.3 Å². The Balaban J connectivity index is -0.00000000636. The van der Waals surface area contributed by atoms with E-state index >= 15 is 0 Å². The molecule has 16 nitrogen and oxygen atoms in total. The third-order valence-corrected chi connectivity index (χ3v) is 0.711. The van der Waals surface area contributed by atoms with Gasteiger partial charge < -0.3 is 83.4 Å². The maximum absolute atomic E-state index is 9.41. The standard InChI is InChI=1S/2C4H4O4.8H2O.6Pb/c2*5-3(6)1-2-4(7)8;;;;;;;;;;;;;;/h2*1-2H,(H,5,6)(H,7,8);8*1H2;;;;;;/q;;;;;;;;;;6*+2/p-12/b2*2-1-;;;;;;;;;;;;;;. The summed E-state index contributed by atoms with van der Waals surface area (Å²) in [6.45, 7) is 0. The molecule has 0 saturated carbocycles. The molecule has 0 unspecified atom stereocenters. The van der Waals surface area contributed by atoms with Crippen molar-refractivity contribution in [2.24, 2.45) is 0 Å². The molecule has 0 aliphatic heterocycles. The van der Waals surface area contributed by atoms with Gasteiger partial charge in [-0.3, -0.25) is 0 Å². The first-order valence-electron chi connectivity index (χ1n) is 3.45. The second-order valence-electron chi connectivity index (χ2n) is 1.94. The van der Waals surface area contributed by atoms with E-state index in [9.17, 15) is 39.6 Å². The van der Waals surface area contributed by atoms with Gasteiger partial charge in [-0.1, -0.05) is 0 Å². The molecule has 30 heavy (non-hydrogen) atoms. The Morgan fingerprint density at radius 1 is 0.333 bits per heavy atom. The summed E-state index contributed by atoms with van der Waals surface area (Å²) >= 11 is 0. The van der Waals surface area contributed by atoms with Crippen molar-refractivity contribution in [2.45, 2.75) is 0 Å². The summed E-state index contributed by atoms with van der Waals surface area (Å²) < 4.78 is 0. The van der Waals surface area contributed by atoms with E-state index in [2.05, 4.69) is 0 Å². The van der Waals surface area contributed by atoms with Crippen LogP contribution < -0.4 is 20.4 Å². The van der Waals surface area contributed by atoms with Crippen LogP contribution in [0.1, 0.15) is 0 Å². The van der Waals surface area contributed by atoms with Gasteiger partial charge in [0, 0.05) is 0 Å². The van der Waals surface area contributed by atoms with E-state index in [0.717, 1.165) is 0 Å². The molecule has 0 spiro atoms. The predicted octanol–water partition coefficient (Wildman–Crippen LogP) is -9.61. The third kappa shape index (κ3) is 169. The summed E-state index contributed by atoms with van der Waals surface area (Å²) in [4.78, 5) is 37.7. The van der Waals surface area contributed by atoms with Gasteiger partial charge in [-0.15, -0.1) is 0 Å². The third-order valence-electron chi connectivity index (χ3n) is 0.711. The predicted molar refractivity (Wildman–Crippen MR) is 88.3 cm³/mol. The Labute approximate surface area is 290 Å². The van der Waals surface area contributed by atoms with Gasteiger partial charge in [0.25, 0.3) is 0 Å². The number of rotatable bonds is 4. The smallest absolute Gasteiger partial charge is 0.870 e. The van der Waals surface area contributed by atoms with Crippen LogP contribution in [0, 0.1) is 0 Å². The quantitative estimate of drug-likeness (QED) is 0.186. The molecule has 22 heteroatoms. The molecule has 0 saturated heterocycles. The zero-order valence-corrected chi connectivity index (χ0v) is 37.5. The van der Waals surface area contributed by atoms with E-state index in [0.29, 0.717) is 24.3 Å². The number of carbonyl (C=O) groups is 4. The van der Waals surface area contributed by atoms with Gasteiger partial charge in [0.1, 0.15) is 0 Å². The number of hydrogen-bond acceptors (Lipinski definition) is 16. The van der Waals surface area contributed by atoms with Crippen LogP contribution in [-0.2, 0) is 19.2 Å². The van der Waals surface area contributed by atoms with E-state index in [4.69, 9.17) is 0 Å². The average molecular weight is 1610 g/mol. The second kappa shape index (κ2) is 85.6. The average Bonchev–Trinajstić information content (AvgIpc) is 2.12. The van der Waals surface area contributed by atoms with Gasteiger partial charge in [-0.25, -0.2) is 0 Å². The molecule has 0 bridgehead atoms. The van der Waals surface area contributed by atoms with Crippen LogP contribution in [0.2, 0.25) is 0 Å². The number of hydrogen-bond donors (Lipinski definition) is 0. The van der Waals surface area contributed by atoms with Crippen LogP contribution in [0.3, 0.4) is 0 Å². The van der Waals surface area contributed by atoms with Crippen molar-refractivity contribution >= 4 is 188 Å².